The molecule has 2 aromatic rings. The molecule has 1 atom stereocenters. The van der Waals surface area contributed by atoms with Gasteiger partial charge in [-0.2, -0.15) is 0 Å². The van der Waals surface area contributed by atoms with E-state index in [4.69, 9.17) is 0 Å². The number of nitrogens with one attached hydrogen (secondary N) is 1. The number of aromatic nitrogens is 5. The van der Waals surface area contributed by atoms with Gasteiger partial charge < -0.3 is 5.32 Å². The molecule has 1 unspecified atom stereocenters. The van der Waals surface area contributed by atoms with Crippen LogP contribution in [-0.4, -0.2) is 55.1 Å². The van der Waals surface area contributed by atoms with E-state index < -0.39 is 0 Å². The lowest BCUT2D eigenvalue weighted by Gasteiger charge is -2.33. The van der Waals surface area contributed by atoms with Gasteiger partial charge in [-0.3, -0.25) is 14.7 Å². The average molecular weight is 329 g/mol. The highest BCUT2D eigenvalue weighted by molar-refractivity contribution is 5.76. The van der Waals surface area contributed by atoms with Crippen molar-refractivity contribution < 1.29 is 4.79 Å². The van der Waals surface area contributed by atoms with Crippen molar-refractivity contribution in [2.24, 2.45) is 0 Å². The number of rotatable bonds is 7. The summed E-state index contributed by atoms with van der Waals surface area (Å²) >= 11 is 0. The quantitative estimate of drug-likeness (QED) is 0.801. The fourth-order valence-corrected chi connectivity index (χ4v) is 3.05. The predicted molar refractivity (Wildman–Crippen MR) is 87.7 cm³/mol. The minimum atomic E-state index is 0.108. The van der Waals surface area contributed by atoms with Gasteiger partial charge in [0.25, 0.3) is 0 Å². The van der Waals surface area contributed by atoms with E-state index in [0.29, 0.717) is 13.0 Å². The maximum Gasteiger partial charge on any atom is 0.220 e. The Kier molecular flexibility index (Phi) is 5.84. The highest BCUT2D eigenvalue weighted by atomic mass is 16.1. The zero-order valence-corrected chi connectivity index (χ0v) is 13.7. The molecule has 0 radical (unpaired) electrons. The Morgan fingerprint density at radius 3 is 3.17 bits per heavy atom. The second-order valence-electron chi connectivity index (χ2n) is 6.18. The molecule has 3 heterocycles. The number of piperidine rings is 1. The maximum atomic E-state index is 12.1. The van der Waals surface area contributed by atoms with Gasteiger partial charge in [0, 0.05) is 44.5 Å². The Morgan fingerprint density at radius 2 is 2.38 bits per heavy atom. The van der Waals surface area contributed by atoms with Crippen molar-refractivity contribution in [3.8, 4) is 0 Å². The van der Waals surface area contributed by atoms with E-state index in [1.54, 1.807) is 17.2 Å². The summed E-state index contributed by atoms with van der Waals surface area (Å²) in [6.45, 7) is 3.52. The number of carbonyl (C=O) groups is 1. The largest absolute Gasteiger partial charge is 0.352 e. The van der Waals surface area contributed by atoms with Crippen LogP contribution >= 0.6 is 0 Å². The SMILES string of the molecule is O=C(CCCn1cnnn1)NC1CCCN(Cc2cccnc2)C1. The summed E-state index contributed by atoms with van der Waals surface area (Å²) in [6.07, 6.45) is 8.65. The Balaban J connectivity index is 1.39. The molecular weight excluding hydrogens is 306 g/mol. The van der Waals surface area contributed by atoms with Crippen LogP contribution in [0.3, 0.4) is 0 Å². The average Bonchev–Trinajstić information content (AvgIpc) is 3.09. The van der Waals surface area contributed by atoms with E-state index in [-0.39, 0.29) is 11.9 Å². The molecule has 24 heavy (non-hydrogen) atoms. The Morgan fingerprint density at radius 1 is 1.42 bits per heavy atom. The van der Waals surface area contributed by atoms with Crippen molar-refractivity contribution in [2.45, 2.75) is 44.8 Å². The second-order valence-corrected chi connectivity index (χ2v) is 6.18. The summed E-state index contributed by atoms with van der Waals surface area (Å²) < 4.78 is 1.64. The van der Waals surface area contributed by atoms with E-state index in [1.807, 2.05) is 12.3 Å². The first-order valence-corrected chi connectivity index (χ1v) is 8.41. The number of aryl methyl sites for hydroxylation is 1. The highest BCUT2D eigenvalue weighted by Crippen LogP contribution is 2.13. The third-order valence-corrected chi connectivity index (χ3v) is 4.18. The highest BCUT2D eigenvalue weighted by Gasteiger charge is 2.21. The molecule has 1 aliphatic rings. The molecule has 8 heteroatoms. The number of hydrogen-bond donors (Lipinski definition) is 1. The second kappa shape index (κ2) is 8.49. The van der Waals surface area contributed by atoms with Crippen molar-refractivity contribution in [3.05, 3.63) is 36.4 Å². The molecule has 0 spiro atoms. The standard InChI is InChI=1S/C16H23N7O/c24-16(6-3-9-23-13-18-20-21-23)19-15-5-2-8-22(12-15)11-14-4-1-7-17-10-14/h1,4,7,10,13,15H,2-3,5-6,8-9,11-12H2,(H,19,24). The van der Waals surface area contributed by atoms with Gasteiger partial charge in [-0.05, 0) is 47.9 Å². The zero-order chi connectivity index (χ0) is 16.6. The third kappa shape index (κ3) is 5.09. The summed E-state index contributed by atoms with van der Waals surface area (Å²) in [7, 11) is 0. The van der Waals surface area contributed by atoms with Crippen LogP contribution in [0.15, 0.2) is 30.9 Å². The first-order chi connectivity index (χ1) is 11.8. The lowest BCUT2D eigenvalue weighted by Crippen LogP contribution is -2.47. The lowest BCUT2D eigenvalue weighted by atomic mass is 10.0. The summed E-state index contributed by atoms with van der Waals surface area (Å²) in [5, 5.41) is 14.1. The van der Waals surface area contributed by atoms with Crippen LogP contribution in [0.2, 0.25) is 0 Å². The van der Waals surface area contributed by atoms with Crippen molar-refractivity contribution >= 4 is 5.91 Å². The smallest absolute Gasteiger partial charge is 0.220 e. The van der Waals surface area contributed by atoms with Crippen molar-refractivity contribution in [1.82, 2.24) is 35.4 Å². The Hall–Kier alpha value is -2.35. The van der Waals surface area contributed by atoms with Crippen molar-refractivity contribution in [1.29, 1.82) is 0 Å². The van der Waals surface area contributed by atoms with E-state index in [2.05, 4.69) is 36.8 Å². The normalized spacial score (nSPS) is 18.4. The molecule has 0 aromatic carbocycles. The first-order valence-electron chi connectivity index (χ1n) is 8.41. The number of likely N-dealkylation sites (tertiary alicyclic amines) is 1. The van der Waals surface area contributed by atoms with Gasteiger partial charge in [-0.1, -0.05) is 6.07 Å². The van der Waals surface area contributed by atoms with Gasteiger partial charge >= 0.3 is 0 Å². The summed E-state index contributed by atoms with van der Waals surface area (Å²) in [5.41, 5.74) is 1.21. The van der Waals surface area contributed by atoms with Crippen LogP contribution in [0.1, 0.15) is 31.2 Å². The van der Waals surface area contributed by atoms with E-state index in [9.17, 15) is 4.79 Å². The van der Waals surface area contributed by atoms with Crippen LogP contribution < -0.4 is 5.32 Å². The molecule has 1 saturated heterocycles. The molecule has 0 aliphatic carbocycles. The fraction of sp³-hybridized carbons (Fsp3) is 0.562. The van der Waals surface area contributed by atoms with Gasteiger partial charge in [0.1, 0.15) is 6.33 Å². The minimum Gasteiger partial charge on any atom is -0.352 e. The topological polar surface area (TPSA) is 88.8 Å². The molecule has 1 amide bonds. The number of pyridine rings is 1. The molecule has 2 aromatic heterocycles. The van der Waals surface area contributed by atoms with Crippen LogP contribution in [0, 0.1) is 0 Å². The molecule has 1 aliphatic heterocycles. The number of hydrogen-bond acceptors (Lipinski definition) is 6. The number of amides is 1. The van der Waals surface area contributed by atoms with Gasteiger partial charge in [0.2, 0.25) is 5.91 Å². The van der Waals surface area contributed by atoms with Gasteiger partial charge in [-0.15, -0.1) is 5.10 Å². The van der Waals surface area contributed by atoms with Crippen LogP contribution in [0.5, 0.6) is 0 Å². The molecule has 8 nitrogen and oxygen atoms in total. The molecule has 1 N–H and O–H groups in total. The summed E-state index contributed by atoms with van der Waals surface area (Å²) in [4.78, 5) is 18.6. The summed E-state index contributed by atoms with van der Waals surface area (Å²) in [5.74, 6) is 0.108. The Labute approximate surface area is 141 Å². The molecular formula is C16H23N7O. The monoisotopic (exact) mass is 329 g/mol. The maximum absolute atomic E-state index is 12.1. The molecule has 0 bridgehead atoms. The van der Waals surface area contributed by atoms with Gasteiger partial charge in [0.05, 0.1) is 0 Å². The van der Waals surface area contributed by atoms with Crippen LogP contribution in [0.25, 0.3) is 0 Å². The fourth-order valence-electron chi connectivity index (χ4n) is 3.05. The minimum absolute atomic E-state index is 0.108. The molecule has 3 rings (SSSR count). The molecule has 128 valence electrons. The van der Waals surface area contributed by atoms with Crippen LogP contribution in [-0.2, 0) is 17.9 Å². The zero-order valence-electron chi connectivity index (χ0n) is 13.7. The van der Waals surface area contributed by atoms with Crippen LogP contribution in [0.4, 0.5) is 0 Å². The predicted octanol–water partition coefficient (Wildman–Crippen LogP) is 0.629. The summed E-state index contributed by atoms with van der Waals surface area (Å²) in [6, 6.07) is 4.29. The number of nitrogens with zero attached hydrogens (tertiary/aromatic N) is 6. The van der Waals surface area contributed by atoms with Gasteiger partial charge in [-0.25, -0.2) is 4.68 Å². The molecule has 0 saturated carbocycles. The van der Waals surface area contributed by atoms with Gasteiger partial charge in [0.15, 0.2) is 0 Å². The molecule has 1 fully saturated rings. The van der Waals surface area contributed by atoms with E-state index in [1.165, 1.54) is 5.56 Å². The Bertz CT molecular complexity index is 617. The van der Waals surface area contributed by atoms with Crippen molar-refractivity contribution in [3.63, 3.8) is 0 Å². The number of tetrazole rings is 1. The third-order valence-electron chi connectivity index (χ3n) is 4.18. The van der Waals surface area contributed by atoms with E-state index in [0.717, 1.165) is 38.9 Å². The first kappa shape index (κ1) is 16.5. The lowest BCUT2D eigenvalue weighted by molar-refractivity contribution is -0.122. The van der Waals surface area contributed by atoms with E-state index >= 15 is 0 Å². The van der Waals surface area contributed by atoms with Crippen molar-refractivity contribution in [2.75, 3.05) is 13.1 Å². The number of carbonyl (C=O) groups excluding carboxylic acids is 1.